The zero-order chi connectivity index (χ0) is 14.5. The zero-order valence-electron chi connectivity index (χ0n) is 10.6. The maximum atomic E-state index is 9.07. The van der Waals surface area contributed by atoms with Gasteiger partial charge < -0.3 is 15.8 Å². The van der Waals surface area contributed by atoms with E-state index in [0.717, 1.165) is 4.47 Å². The highest BCUT2D eigenvalue weighted by Gasteiger charge is 2.08. The van der Waals surface area contributed by atoms with Gasteiger partial charge in [0.2, 0.25) is 11.9 Å². The number of nitrogens with two attached hydrogens (primary N) is 1. The van der Waals surface area contributed by atoms with Gasteiger partial charge in [-0.2, -0.15) is 20.2 Å². The SMILES string of the molecule is CCOc1nc(N)nc(Nc2cc(Br)ccc2C#N)n1. The van der Waals surface area contributed by atoms with Crippen molar-refractivity contribution in [1.29, 1.82) is 5.26 Å². The van der Waals surface area contributed by atoms with Crippen LogP contribution in [0, 0.1) is 11.3 Å². The van der Waals surface area contributed by atoms with Crippen LogP contribution in [-0.2, 0) is 0 Å². The van der Waals surface area contributed by atoms with Crippen LogP contribution in [0.15, 0.2) is 22.7 Å². The van der Waals surface area contributed by atoms with Crippen molar-refractivity contribution in [3.63, 3.8) is 0 Å². The maximum Gasteiger partial charge on any atom is 0.323 e. The Morgan fingerprint density at radius 3 is 2.90 bits per heavy atom. The lowest BCUT2D eigenvalue weighted by Gasteiger charge is -2.08. The summed E-state index contributed by atoms with van der Waals surface area (Å²) in [4.78, 5) is 11.9. The summed E-state index contributed by atoms with van der Waals surface area (Å²) in [7, 11) is 0. The molecule has 0 fully saturated rings. The summed E-state index contributed by atoms with van der Waals surface area (Å²) < 4.78 is 6.01. The van der Waals surface area contributed by atoms with E-state index in [2.05, 4.69) is 42.3 Å². The van der Waals surface area contributed by atoms with Gasteiger partial charge in [-0.1, -0.05) is 15.9 Å². The number of ether oxygens (including phenoxy) is 1. The number of nitriles is 1. The van der Waals surface area contributed by atoms with Crippen molar-refractivity contribution >= 4 is 33.5 Å². The highest BCUT2D eigenvalue weighted by atomic mass is 79.9. The molecule has 1 aromatic carbocycles. The molecule has 102 valence electrons. The Bertz CT molecular complexity index is 669. The standard InChI is InChI=1S/C12H11BrN6O/c1-2-20-12-18-10(15)17-11(19-12)16-9-5-8(13)4-3-7(9)6-14/h3-5H,2H2,1H3,(H3,15,16,17,18,19). The van der Waals surface area contributed by atoms with Crippen LogP contribution in [0.4, 0.5) is 17.6 Å². The Morgan fingerprint density at radius 1 is 1.40 bits per heavy atom. The molecular weight excluding hydrogens is 324 g/mol. The van der Waals surface area contributed by atoms with E-state index in [4.69, 9.17) is 15.7 Å². The number of hydrogen-bond acceptors (Lipinski definition) is 7. The quantitative estimate of drug-likeness (QED) is 0.881. The first-order chi connectivity index (χ1) is 9.62. The van der Waals surface area contributed by atoms with E-state index in [-0.39, 0.29) is 17.9 Å². The van der Waals surface area contributed by atoms with Gasteiger partial charge in [0.05, 0.1) is 17.9 Å². The van der Waals surface area contributed by atoms with E-state index in [1.807, 2.05) is 6.92 Å². The van der Waals surface area contributed by atoms with Crippen LogP contribution in [0.2, 0.25) is 0 Å². The Hall–Kier alpha value is -2.40. The first-order valence-corrected chi connectivity index (χ1v) is 6.52. The fourth-order valence-electron chi connectivity index (χ4n) is 1.46. The van der Waals surface area contributed by atoms with E-state index in [9.17, 15) is 0 Å². The number of anilines is 3. The molecule has 8 heteroatoms. The van der Waals surface area contributed by atoms with Crippen molar-refractivity contribution in [2.75, 3.05) is 17.7 Å². The second kappa shape index (κ2) is 6.16. The van der Waals surface area contributed by atoms with Gasteiger partial charge in [-0.3, -0.25) is 0 Å². The number of nitrogen functional groups attached to an aromatic ring is 1. The summed E-state index contributed by atoms with van der Waals surface area (Å²) in [5.41, 5.74) is 6.62. The molecule has 1 aromatic heterocycles. The average Bonchev–Trinajstić information content (AvgIpc) is 2.38. The van der Waals surface area contributed by atoms with Crippen LogP contribution in [0.3, 0.4) is 0 Å². The van der Waals surface area contributed by atoms with Gasteiger partial charge in [0.25, 0.3) is 0 Å². The Labute approximate surface area is 124 Å². The normalized spacial score (nSPS) is 9.85. The Balaban J connectivity index is 2.35. The molecule has 0 atom stereocenters. The van der Waals surface area contributed by atoms with E-state index in [1.54, 1.807) is 18.2 Å². The number of aromatic nitrogens is 3. The van der Waals surface area contributed by atoms with Crippen LogP contribution in [0.5, 0.6) is 6.01 Å². The van der Waals surface area contributed by atoms with E-state index < -0.39 is 0 Å². The van der Waals surface area contributed by atoms with Crippen LogP contribution in [-0.4, -0.2) is 21.6 Å². The van der Waals surface area contributed by atoms with Crippen LogP contribution >= 0.6 is 15.9 Å². The highest BCUT2D eigenvalue weighted by Crippen LogP contribution is 2.23. The van der Waals surface area contributed by atoms with Crippen molar-refractivity contribution in [2.24, 2.45) is 0 Å². The summed E-state index contributed by atoms with van der Waals surface area (Å²) in [5, 5.41) is 12.0. The molecule has 0 saturated carbocycles. The molecule has 1 heterocycles. The minimum atomic E-state index is 0.0412. The minimum Gasteiger partial charge on any atom is -0.464 e. The highest BCUT2D eigenvalue weighted by molar-refractivity contribution is 9.10. The van der Waals surface area contributed by atoms with Crippen molar-refractivity contribution in [2.45, 2.75) is 6.92 Å². The molecule has 0 aliphatic rings. The minimum absolute atomic E-state index is 0.0412. The molecule has 0 spiro atoms. The van der Waals surface area contributed by atoms with Crippen molar-refractivity contribution in [1.82, 2.24) is 15.0 Å². The third-order valence-corrected chi connectivity index (χ3v) is 2.75. The number of rotatable bonds is 4. The van der Waals surface area contributed by atoms with Crippen molar-refractivity contribution in [3.8, 4) is 12.1 Å². The molecule has 0 bridgehead atoms. The maximum absolute atomic E-state index is 9.07. The van der Waals surface area contributed by atoms with Crippen LogP contribution in [0.1, 0.15) is 12.5 Å². The molecule has 0 saturated heterocycles. The molecule has 0 aliphatic heterocycles. The number of halogens is 1. The molecule has 2 rings (SSSR count). The van der Waals surface area contributed by atoms with Gasteiger partial charge in [0.1, 0.15) is 6.07 Å². The third-order valence-electron chi connectivity index (χ3n) is 2.25. The number of benzene rings is 1. The topological polar surface area (TPSA) is 110 Å². The number of hydrogen-bond donors (Lipinski definition) is 2. The molecule has 0 amide bonds. The van der Waals surface area contributed by atoms with Crippen LogP contribution in [0.25, 0.3) is 0 Å². The number of nitrogens with zero attached hydrogens (tertiary/aromatic N) is 4. The summed E-state index contributed by atoms with van der Waals surface area (Å²) in [6.07, 6.45) is 0. The van der Waals surface area contributed by atoms with Gasteiger partial charge in [-0.25, -0.2) is 0 Å². The van der Waals surface area contributed by atoms with Crippen LogP contribution < -0.4 is 15.8 Å². The first-order valence-electron chi connectivity index (χ1n) is 5.73. The average molecular weight is 335 g/mol. The van der Waals surface area contributed by atoms with E-state index in [0.29, 0.717) is 17.9 Å². The smallest absolute Gasteiger partial charge is 0.323 e. The summed E-state index contributed by atoms with van der Waals surface area (Å²) in [6.45, 7) is 2.23. The largest absolute Gasteiger partial charge is 0.464 e. The summed E-state index contributed by atoms with van der Waals surface area (Å²) in [5.74, 6) is 0.259. The van der Waals surface area contributed by atoms with Gasteiger partial charge in [-0.15, -0.1) is 0 Å². The predicted octanol–water partition coefficient (Wildman–Crippen LogP) is 2.23. The lowest BCUT2D eigenvalue weighted by Crippen LogP contribution is -2.07. The first kappa shape index (κ1) is 14.0. The van der Waals surface area contributed by atoms with Gasteiger partial charge >= 0.3 is 6.01 Å². The molecular formula is C12H11BrN6O. The van der Waals surface area contributed by atoms with E-state index >= 15 is 0 Å². The number of nitrogens with one attached hydrogen (secondary N) is 1. The van der Waals surface area contributed by atoms with Crippen molar-refractivity contribution < 1.29 is 4.74 Å². The predicted molar refractivity (Wildman–Crippen MR) is 77.5 cm³/mol. The van der Waals surface area contributed by atoms with Gasteiger partial charge in [-0.05, 0) is 25.1 Å². The van der Waals surface area contributed by atoms with Gasteiger partial charge in [0, 0.05) is 4.47 Å². The van der Waals surface area contributed by atoms with E-state index in [1.165, 1.54) is 0 Å². The third kappa shape index (κ3) is 3.33. The molecule has 7 nitrogen and oxygen atoms in total. The Kier molecular flexibility index (Phi) is 4.32. The molecule has 0 aliphatic carbocycles. The molecule has 0 unspecified atom stereocenters. The second-order valence-corrected chi connectivity index (χ2v) is 4.58. The summed E-state index contributed by atoms with van der Waals surface area (Å²) >= 11 is 3.34. The summed E-state index contributed by atoms with van der Waals surface area (Å²) in [6, 6.07) is 7.42. The van der Waals surface area contributed by atoms with Gasteiger partial charge in [0.15, 0.2) is 0 Å². The molecule has 0 radical (unpaired) electrons. The fourth-order valence-corrected chi connectivity index (χ4v) is 1.82. The monoisotopic (exact) mass is 334 g/mol. The molecule has 2 aromatic rings. The fraction of sp³-hybridized carbons (Fsp3) is 0.167. The lowest BCUT2D eigenvalue weighted by molar-refractivity contribution is 0.312. The Morgan fingerprint density at radius 2 is 2.20 bits per heavy atom. The zero-order valence-corrected chi connectivity index (χ0v) is 12.2. The molecule has 20 heavy (non-hydrogen) atoms. The molecule has 3 N–H and O–H groups in total. The van der Waals surface area contributed by atoms with Crippen molar-refractivity contribution in [3.05, 3.63) is 28.2 Å². The second-order valence-electron chi connectivity index (χ2n) is 3.66. The lowest BCUT2D eigenvalue weighted by atomic mass is 10.2.